The summed E-state index contributed by atoms with van der Waals surface area (Å²) >= 11 is 0. The van der Waals surface area contributed by atoms with Crippen LogP contribution in [-0.4, -0.2) is 20.3 Å². The molecule has 0 saturated carbocycles. The summed E-state index contributed by atoms with van der Waals surface area (Å²) < 4.78 is 49.2. The average Bonchev–Trinajstić information content (AvgIpc) is 2.83. The first-order valence-corrected chi connectivity index (χ1v) is 10.9. The fraction of sp³-hybridized carbons (Fsp3) is 0.214. The van der Waals surface area contributed by atoms with Crippen LogP contribution in [0.15, 0.2) is 78.9 Å². The average molecular weight is 451 g/mol. The minimum Gasteiger partial charge on any atom is -0.435 e. The molecule has 0 aliphatic carbocycles. The van der Waals surface area contributed by atoms with Crippen LogP contribution in [0, 0.1) is 5.82 Å². The molecule has 0 saturated heterocycles. The van der Waals surface area contributed by atoms with Crippen LogP contribution in [0.2, 0.25) is 0 Å². The van der Waals surface area contributed by atoms with Crippen molar-refractivity contribution in [3.63, 3.8) is 0 Å². The molecule has 170 valence electrons. The van der Waals surface area contributed by atoms with Gasteiger partial charge >= 0.3 is 6.61 Å². The SMILES string of the molecule is COCCc1ccc(-c2ccc3c(F)c(CCc4ccc(OC(F)F)cc4)ccc3c2)cc1. The normalized spacial score (nSPS) is 11.3. The number of alkyl halides is 2. The van der Waals surface area contributed by atoms with Gasteiger partial charge in [-0.15, -0.1) is 0 Å². The summed E-state index contributed by atoms with van der Waals surface area (Å²) in [6.45, 7) is -2.15. The minimum absolute atomic E-state index is 0.117. The maximum Gasteiger partial charge on any atom is 0.387 e. The predicted octanol–water partition coefficient (Wildman–Crippen LogP) is 7.22. The largest absolute Gasteiger partial charge is 0.435 e. The van der Waals surface area contributed by atoms with Crippen LogP contribution in [0.3, 0.4) is 0 Å². The summed E-state index contributed by atoms with van der Waals surface area (Å²) in [5.74, 6) is -0.0994. The van der Waals surface area contributed by atoms with Crippen molar-refractivity contribution >= 4 is 10.8 Å². The second-order valence-electron chi connectivity index (χ2n) is 7.94. The predicted molar refractivity (Wildman–Crippen MR) is 125 cm³/mol. The molecule has 0 aromatic heterocycles. The van der Waals surface area contributed by atoms with Gasteiger partial charge in [0.25, 0.3) is 0 Å². The quantitative estimate of drug-likeness (QED) is 0.268. The molecule has 0 spiro atoms. The van der Waals surface area contributed by atoms with Crippen LogP contribution in [0.25, 0.3) is 21.9 Å². The maximum absolute atomic E-state index is 15.2. The van der Waals surface area contributed by atoms with Crippen LogP contribution < -0.4 is 4.74 Å². The molecule has 0 aliphatic rings. The Bertz CT molecular complexity index is 1200. The van der Waals surface area contributed by atoms with Gasteiger partial charge in [-0.05, 0) is 70.7 Å². The van der Waals surface area contributed by atoms with Crippen LogP contribution in [0.5, 0.6) is 5.75 Å². The van der Waals surface area contributed by atoms with E-state index in [0.717, 1.165) is 28.5 Å². The first kappa shape index (κ1) is 22.9. The molecule has 0 N–H and O–H groups in total. The highest BCUT2D eigenvalue weighted by molar-refractivity contribution is 5.88. The number of methoxy groups -OCH3 is 1. The molecular weight excluding hydrogens is 425 g/mol. The van der Waals surface area contributed by atoms with Gasteiger partial charge in [-0.2, -0.15) is 8.78 Å². The molecule has 4 rings (SSSR count). The highest BCUT2D eigenvalue weighted by Crippen LogP contribution is 2.28. The number of benzene rings is 4. The van der Waals surface area contributed by atoms with Gasteiger partial charge in [-0.3, -0.25) is 0 Å². The van der Waals surface area contributed by atoms with Gasteiger partial charge in [0.15, 0.2) is 0 Å². The number of rotatable bonds is 9. The third-order valence-corrected chi connectivity index (χ3v) is 5.75. The summed E-state index contributed by atoms with van der Waals surface area (Å²) in [6.07, 6.45) is 1.99. The Kier molecular flexibility index (Phi) is 7.30. The summed E-state index contributed by atoms with van der Waals surface area (Å²) in [6, 6.07) is 24.4. The monoisotopic (exact) mass is 450 g/mol. The second kappa shape index (κ2) is 10.5. The van der Waals surface area contributed by atoms with Gasteiger partial charge < -0.3 is 9.47 Å². The van der Waals surface area contributed by atoms with Crippen molar-refractivity contribution in [1.29, 1.82) is 0 Å². The zero-order chi connectivity index (χ0) is 23.2. The van der Waals surface area contributed by atoms with Crippen LogP contribution in [0.4, 0.5) is 13.2 Å². The van der Waals surface area contributed by atoms with Crippen molar-refractivity contribution in [1.82, 2.24) is 0 Å². The first-order chi connectivity index (χ1) is 16.0. The van der Waals surface area contributed by atoms with Gasteiger partial charge in [-0.25, -0.2) is 4.39 Å². The summed E-state index contributed by atoms with van der Waals surface area (Å²) in [5, 5.41) is 1.44. The van der Waals surface area contributed by atoms with Crippen molar-refractivity contribution in [2.45, 2.75) is 25.9 Å². The third kappa shape index (κ3) is 5.74. The van der Waals surface area contributed by atoms with Gasteiger partial charge in [0.1, 0.15) is 11.6 Å². The molecular formula is C28H25F3O2. The molecule has 5 heteroatoms. The van der Waals surface area contributed by atoms with Gasteiger partial charge in [0.2, 0.25) is 0 Å². The number of aryl methyl sites for hydroxylation is 2. The van der Waals surface area contributed by atoms with E-state index in [1.807, 2.05) is 30.3 Å². The Balaban J connectivity index is 1.47. The molecule has 0 heterocycles. The molecule has 0 aliphatic heterocycles. The Morgan fingerprint density at radius 1 is 0.727 bits per heavy atom. The van der Waals surface area contributed by atoms with E-state index in [0.29, 0.717) is 30.4 Å². The number of hydrogen-bond donors (Lipinski definition) is 0. The van der Waals surface area contributed by atoms with Crippen molar-refractivity contribution in [2.75, 3.05) is 13.7 Å². The summed E-state index contributed by atoms with van der Waals surface area (Å²) in [4.78, 5) is 0. The topological polar surface area (TPSA) is 18.5 Å². The van der Waals surface area contributed by atoms with Gasteiger partial charge in [0, 0.05) is 12.5 Å². The summed E-state index contributed by atoms with van der Waals surface area (Å²) in [5.41, 5.74) is 4.90. The second-order valence-corrected chi connectivity index (χ2v) is 7.94. The Morgan fingerprint density at radius 3 is 2.09 bits per heavy atom. The van der Waals surface area contributed by atoms with E-state index < -0.39 is 6.61 Å². The standard InChI is InChI=1S/C28H25F3O2/c1-32-17-16-20-2-7-21(8-3-20)23-12-15-26-24(18-23)11-10-22(27(26)29)9-4-19-5-13-25(14-6-19)33-28(30)31/h2-3,5-8,10-15,18,28H,4,9,16-17H2,1H3. The fourth-order valence-electron chi connectivity index (χ4n) is 3.91. The molecule has 4 aromatic rings. The number of halogens is 3. The van der Waals surface area contributed by atoms with Crippen LogP contribution in [-0.2, 0) is 24.0 Å². The van der Waals surface area contributed by atoms with Crippen molar-refractivity contribution in [3.05, 3.63) is 101 Å². The zero-order valence-electron chi connectivity index (χ0n) is 18.4. The van der Waals surface area contributed by atoms with E-state index in [1.54, 1.807) is 19.2 Å². The summed E-state index contributed by atoms with van der Waals surface area (Å²) in [7, 11) is 1.69. The van der Waals surface area contributed by atoms with Crippen molar-refractivity contribution < 1.29 is 22.6 Å². The number of hydrogen-bond acceptors (Lipinski definition) is 2. The zero-order valence-corrected chi connectivity index (χ0v) is 18.4. The lowest BCUT2D eigenvalue weighted by molar-refractivity contribution is -0.0498. The molecule has 2 nitrogen and oxygen atoms in total. The molecule has 0 bridgehead atoms. The minimum atomic E-state index is -2.84. The third-order valence-electron chi connectivity index (χ3n) is 5.75. The van der Waals surface area contributed by atoms with E-state index in [2.05, 4.69) is 29.0 Å². The maximum atomic E-state index is 15.2. The van der Waals surface area contributed by atoms with E-state index in [4.69, 9.17) is 4.74 Å². The Labute approximate surface area is 191 Å². The van der Waals surface area contributed by atoms with Crippen LogP contribution in [0.1, 0.15) is 16.7 Å². The molecule has 33 heavy (non-hydrogen) atoms. The lowest BCUT2D eigenvalue weighted by Gasteiger charge is -2.10. The number of ether oxygens (including phenoxy) is 2. The van der Waals surface area contributed by atoms with Gasteiger partial charge in [0.05, 0.1) is 6.61 Å². The molecule has 0 radical (unpaired) electrons. The van der Waals surface area contributed by atoms with E-state index >= 15 is 4.39 Å². The Hall–Kier alpha value is -3.31. The van der Waals surface area contributed by atoms with Gasteiger partial charge in [-0.1, -0.05) is 60.7 Å². The highest BCUT2D eigenvalue weighted by Gasteiger charge is 2.10. The fourth-order valence-corrected chi connectivity index (χ4v) is 3.91. The van der Waals surface area contributed by atoms with Crippen LogP contribution >= 0.6 is 0 Å². The highest BCUT2D eigenvalue weighted by atomic mass is 19.3. The van der Waals surface area contributed by atoms with E-state index in [-0.39, 0.29) is 11.6 Å². The smallest absolute Gasteiger partial charge is 0.387 e. The molecule has 0 fully saturated rings. The molecule has 0 unspecified atom stereocenters. The lowest BCUT2D eigenvalue weighted by atomic mass is 9.96. The Morgan fingerprint density at radius 2 is 1.39 bits per heavy atom. The van der Waals surface area contributed by atoms with Crippen molar-refractivity contribution in [2.24, 2.45) is 0 Å². The van der Waals surface area contributed by atoms with E-state index in [9.17, 15) is 8.78 Å². The number of fused-ring (bicyclic) bond motifs is 1. The first-order valence-electron chi connectivity index (χ1n) is 10.9. The van der Waals surface area contributed by atoms with E-state index in [1.165, 1.54) is 17.7 Å². The molecule has 4 aromatic carbocycles. The van der Waals surface area contributed by atoms with Crippen molar-refractivity contribution in [3.8, 4) is 16.9 Å². The molecule has 0 amide bonds. The lowest BCUT2D eigenvalue weighted by Crippen LogP contribution is -2.02. The molecule has 0 atom stereocenters.